The molecule has 7 heteroatoms. The Hall–Kier alpha value is -3.48. The van der Waals surface area contributed by atoms with Crippen LogP contribution < -0.4 is 10.1 Å². The molecule has 1 N–H and O–H groups in total. The second kappa shape index (κ2) is 7.26. The minimum absolute atomic E-state index is 0.0294. The highest BCUT2D eigenvalue weighted by atomic mass is 19.1. The van der Waals surface area contributed by atoms with E-state index in [1.54, 1.807) is 19.5 Å². The molecule has 0 spiro atoms. The number of rotatable bonds is 4. The van der Waals surface area contributed by atoms with Gasteiger partial charge < -0.3 is 14.8 Å². The van der Waals surface area contributed by atoms with Gasteiger partial charge in [-0.25, -0.2) is 13.6 Å². The molecular formula is C21H16F2N2O3. The van der Waals surface area contributed by atoms with Crippen LogP contribution in [0.3, 0.4) is 0 Å². The lowest BCUT2D eigenvalue weighted by atomic mass is 9.95. The van der Waals surface area contributed by atoms with Crippen molar-refractivity contribution in [1.82, 2.24) is 10.3 Å². The molecule has 2 atom stereocenters. The zero-order valence-corrected chi connectivity index (χ0v) is 14.9. The normalized spacial score (nSPS) is 18.5. The molecule has 1 aliphatic heterocycles. The van der Waals surface area contributed by atoms with Gasteiger partial charge in [-0.2, -0.15) is 0 Å². The number of alkyl carbamates (subject to hydrolysis) is 1. The average molecular weight is 382 g/mol. The van der Waals surface area contributed by atoms with Crippen molar-refractivity contribution in [2.24, 2.45) is 0 Å². The predicted octanol–water partition coefficient (Wildman–Crippen LogP) is 4.56. The first-order valence-electron chi connectivity index (χ1n) is 8.56. The summed E-state index contributed by atoms with van der Waals surface area (Å²) in [6, 6.07) is 11.6. The number of carbonyl (C=O) groups is 1. The second-order valence-electron chi connectivity index (χ2n) is 6.35. The van der Waals surface area contributed by atoms with Crippen LogP contribution in [0.4, 0.5) is 13.6 Å². The average Bonchev–Trinajstić information content (AvgIpc) is 3.11. The smallest absolute Gasteiger partial charge is 0.408 e. The van der Waals surface area contributed by atoms with E-state index in [-0.39, 0.29) is 5.56 Å². The highest BCUT2D eigenvalue weighted by molar-refractivity contribution is 5.72. The fraction of sp³-hybridized carbons (Fsp3) is 0.143. The monoisotopic (exact) mass is 382 g/mol. The Morgan fingerprint density at radius 3 is 2.57 bits per heavy atom. The molecule has 1 amide bonds. The first-order chi connectivity index (χ1) is 13.5. The molecule has 1 aromatic heterocycles. The van der Waals surface area contributed by atoms with Crippen LogP contribution >= 0.6 is 0 Å². The maximum atomic E-state index is 14.2. The molecular weight excluding hydrogens is 366 g/mol. The van der Waals surface area contributed by atoms with Crippen molar-refractivity contribution in [2.75, 3.05) is 7.11 Å². The van der Waals surface area contributed by atoms with E-state index in [2.05, 4.69) is 10.3 Å². The number of amides is 1. The molecule has 4 rings (SSSR count). The molecule has 3 aromatic rings. The Labute approximate surface area is 159 Å². The van der Waals surface area contributed by atoms with Crippen LogP contribution in [0.2, 0.25) is 0 Å². The van der Waals surface area contributed by atoms with Crippen molar-refractivity contribution in [2.45, 2.75) is 12.1 Å². The number of nitrogens with one attached hydrogen (secondary N) is 1. The Kier molecular flexibility index (Phi) is 4.65. The van der Waals surface area contributed by atoms with Gasteiger partial charge in [0.15, 0.2) is 6.10 Å². The Morgan fingerprint density at radius 2 is 1.82 bits per heavy atom. The second-order valence-corrected chi connectivity index (χ2v) is 6.35. The van der Waals surface area contributed by atoms with Crippen LogP contribution in [0.25, 0.3) is 11.1 Å². The standard InChI is InChI=1S/C21H16F2N2O3/c1-27-16-5-2-12(3-6-16)13-8-14(11-24-10-13)19-20(28-21(26)25-19)17-9-15(22)4-7-18(17)23/h2-11,19-20H,1H3,(H,25,26)/t19-,20?/m1/s1. The summed E-state index contributed by atoms with van der Waals surface area (Å²) in [6.07, 6.45) is 1.54. The largest absolute Gasteiger partial charge is 0.497 e. The van der Waals surface area contributed by atoms with Gasteiger partial charge in [0.2, 0.25) is 0 Å². The number of methoxy groups -OCH3 is 1. The summed E-state index contributed by atoms with van der Waals surface area (Å²) >= 11 is 0. The van der Waals surface area contributed by atoms with Crippen LogP contribution in [-0.4, -0.2) is 18.2 Å². The van der Waals surface area contributed by atoms with Crippen LogP contribution in [0, 0.1) is 11.6 Å². The number of pyridine rings is 1. The lowest BCUT2D eigenvalue weighted by molar-refractivity contribution is 0.130. The van der Waals surface area contributed by atoms with E-state index in [4.69, 9.17) is 9.47 Å². The number of ether oxygens (including phenoxy) is 2. The molecule has 142 valence electrons. The van der Waals surface area contributed by atoms with Crippen LogP contribution in [0.5, 0.6) is 5.75 Å². The Balaban J connectivity index is 1.70. The fourth-order valence-electron chi connectivity index (χ4n) is 3.22. The van der Waals surface area contributed by atoms with Crippen molar-refractivity contribution >= 4 is 6.09 Å². The number of nitrogens with zero attached hydrogens (tertiary/aromatic N) is 1. The summed E-state index contributed by atoms with van der Waals surface area (Å²) in [6.45, 7) is 0. The molecule has 0 saturated carbocycles. The lowest BCUT2D eigenvalue weighted by Gasteiger charge is -2.18. The van der Waals surface area contributed by atoms with Crippen molar-refractivity contribution in [3.8, 4) is 16.9 Å². The minimum atomic E-state index is -1.00. The number of aromatic nitrogens is 1. The van der Waals surface area contributed by atoms with Gasteiger partial charge in [-0.3, -0.25) is 4.98 Å². The summed E-state index contributed by atoms with van der Waals surface area (Å²) in [7, 11) is 1.59. The van der Waals surface area contributed by atoms with Gasteiger partial charge in [0.05, 0.1) is 7.11 Å². The molecule has 0 bridgehead atoms. The number of cyclic esters (lactones) is 1. The van der Waals surface area contributed by atoms with E-state index in [1.165, 1.54) is 0 Å². The van der Waals surface area contributed by atoms with Crippen LogP contribution in [0.1, 0.15) is 23.3 Å². The molecule has 2 heterocycles. The van der Waals surface area contributed by atoms with Crippen molar-refractivity contribution in [3.05, 3.63) is 83.7 Å². The SMILES string of the molecule is COc1ccc(-c2cncc([C@H]3NC(=O)OC3c3cc(F)ccc3F)c2)cc1. The predicted molar refractivity (Wildman–Crippen MR) is 97.7 cm³/mol. The third-order valence-electron chi connectivity index (χ3n) is 4.62. The zero-order chi connectivity index (χ0) is 19.7. The van der Waals surface area contributed by atoms with Gasteiger partial charge in [-0.15, -0.1) is 0 Å². The molecule has 1 aliphatic rings. The third-order valence-corrected chi connectivity index (χ3v) is 4.62. The summed E-state index contributed by atoms with van der Waals surface area (Å²) < 4.78 is 38.2. The summed E-state index contributed by atoms with van der Waals surface area (Å²) in [5, 5.41) is 2.65. The van der Waals surface area contributed by atoms with Crippen molar-refractivity contribution < 1.29 is 23.0 Å². The number of hydrogen-bond acceptors (Lipinski definition) is 4. The molecule has 1 saturated heterocycles. The van der Waals surface area contributed by atoms with E-state index in [1.807, 2.05) is 30.3 Å². The van der Waals surface area contributed by atoms with Crippen molar-refractivity contribution in [1.29, 1.82) is 0 Å². The molecule has 0 radical (unpaired) electrons. The molecule has 1 unspecified atom stereocenters. The van der Waals surface area contributed by atoms with Gasteiger partial charge >= 0.3 is 6.09 Å². The maximum Gasteiger partial charge on any atom is 0.408 e. The fourth-order valence-corrected chi connectivity index (χ4v) is 3.22. The summed E-state index contributed by atoms with van der Waals surface area (Å²) in [5.41, 5.74) is 2.29. The van der Waals surface area contributed by atoms with E-state index in [0.29, 0.717) is 5.56 Å². The van der Waals surface area contributed by atoms with Gasteiger partial charge in [0.25, 0.3) is 0 Å². The van der Waals surface area contributed by atoms with E-state index >= 15 is 0 Å². The van der Waals surface area contributed by atoms with Crippen LogP contribution in [-0.2, 0) is 4.74 Å². The number of benzene rings is 2. The first-order valence-corrected chi connectivity index (χ1v) is 8.56. The summed E-state index contributed by atoms with van der Waals surface area (Å²) in [4.78, 5) is 16.1. The molecule has 1 fully saturated rings. The third kappa shape index (κ3) is 3.38. The quantitative estimate of drug-likeness (QED) is 0.719. The molecule has 2 aromatic carbocycles. The maximum absolute atomic E-state index is 14.2. The van der Waals surface area contributed by atoms with E-state index in [9.17, 15) is 13.6 Å². The molecule has 5 nitrogen and oxygen atoms in total. The summed E-state index contributed by atoms with van der Waals surface area (Å²) in [5.74, 6) is -0.527. The Morgan fingerprint density at radius 1 is 1.04 bits per heavy atom. The molecule has 28 heavy (non-hydrogen) atoms. The van der Waals surface area contributed by atoms with Gasteiger partial charge in [0.1, 0.15) is 23.4 Å². The van der Waals surface area contributed by atoms with Crippen LogP contribution in [0.15, 0.2) is 60.9 Å². The number of carbonyl (C=O) groups excluding carboxylic acids is 1. The van der Waals surface area contributed by atoms with E-state index in [0.717, 1.165) is 35.1 Å². The number of hydrogen-bond donors (Lipinski definition) is 1. The van der Waals surface area contributed by atoms with Crippen molar-refractivity contribution in [3.63, 3.8) is 0 Å². The molecule has 0 aliphatic carbocycles. The highest BCUT2D eigenvalue weighted by Crippen LogP contribution is 2.38. The Bertz CT molecular complexity index is 1020. The topological polar surface area (TPSA) is 60.5 Å². The van der Waals surface area contributed by atoms with Gasteiger partial charge in [-0.1, -0.05) is 12.1 Å². The minimum Gasteiger partial charge on any atom is -0.497 e. The first kappa shape index (κ1) is 17.9. The number of halogens is 2. The highest BCUT2D eigenvalue weighted by Gasteiger charge is 2.38. The lowest BCUT2D eigenvalue weighted by Crippen LogP contribution is -2.20. The van der Waals surface area contributed by atoms with Gasteiger partial charge in [-0.05, 0) is 47.5 Å². The van der Waals surface area contributed by atoms with E-state index < -0.39 is 29.9 Å². The van der Waals surface area contributed by atoms with Gasteiger partial charge in [0, 0.05) is 23.5 Å². The zero-order valence-electron chi connectivity index (χ0n) is 14.9.